The molecule has 0 fully saturated rings. The molecule has 13 rings (SSSR count). The molecule has 0 bridgehead atoms. The van der Waals surface area contributed by atoms with E-state index in [4.69, 9.17) is 0 Å². The molecule has 1 nitrogen and oxygen atoms in total. The fourth-order valence-electron chi connectivity index (χ4n) is 11.7. The average molecular weight is 750 g/mol. The predicted octanol–water partition coefficient (Wildman–Crippen LogP) is 15.3. The lowest BCUT2D eigenvalue weighted by Crippen LogP contribution is -2.26. The second-order valence-electron chi connectivity index (χ2n) is 17.1. The number of hydrogen-bond acceptors (Lipinski definition) is 1. The number of nitrogens with zero attached hydrogens (tertiary/aromatic N) is 1. The van der Waals surface area contributed by atoms with E-state index in [1.54, 1.807) is 0 Å². The minimum atomic E-state index is -0.551. The van der Waals surface area contributed by atoms with Crippen LogP contribution >= 0.6 is 0 Å². The van der Waals surface area contributed by atoms with Crippen molar-refractivity contribution >= 4 is 49.4 Å². The lowest BCUT2D eigenvalue weighted by molar-refractivity contribution is 0.660. The SMILES string of the molecule is CC1(C)c2ccccc2-c2ccc(N(c3ccccc3)c3cc4c(c5ccccc35)-c3c(c5ccccc5c5ccccc35)C43c4ccccc4-c4ccccc43)cc21. The molecular weight excluding hydrogens is 711 g/mol. The highest BCUT2D eigenvalue weighted by Gasteiger charge is 2.54. The molecule has 10 aromatic rings. The van der Waals surface area contributed by atoms with Gasteiger partial charge >= 0.3 is 0 Å². The van der Waals surface area contributed by atoms with Gasteiger partial charge in [0.2, 0.25) is 0 Å². The van der Waals surface area contributed by atoms with Gasteiger partial charge in [-0.25, -0.2) is 0 Å². The second kappa shape index (κ2) is 11.7. The van der Waals surface area contributed by atoms with Gasteiger partial charge in [-0.2, -0.15) is 0 Å². The summed E-state index contributed by atoms with van der Waals surface area (Å²) in [6, 6.07) is 75.5. The number of anilines is 3. The van der Waals surface area contributed by atoms with Crippen LogP contribution in [0.5, 0.6) is 0 Å². The standard InChI is InChI=1S/C58H39N/c1-57(2)48-29-15-12-22-40(48)43-33-32-37(34-51(43)57)59(36-18-4-3-5-19-36)53-35-52-54(46-27-10-8-25-44(46)53)55-45-26-9-6-20-38(45)39-21-7-11-28-47(39)56(55)58(52)49-30-16-13-23-41(49)42-24-14-17-31-50(42)58/h3-35H,1-2H3. The van der Waals surface area contributed by atoms with E-state index in [-0.39, 0.29) is 5.41 Å². The molecule has 0 N–H and O–H groups in total. The van der Waals surface area contributed by atoms with Gasteiger partial charge in [0.15, 0.2) is 0 Å². The Bertz CT molecular complexity index is 3380. The number of fused-ring (bicyclic) bond motifs is 20. The molecule has 0 atom stereocenters. The molecule has 59 heavy (non-hydrogen) atoms. The number of para-hydroxylation sites is 1. The minimum Gasteiger partial charge on any atom is -0.310 e. The Hall–Kier alpha value is -7.22. The zero-order valence-corrected chi connectivity index (χ0v) is 33.0. The summed E-state index contributed by atoms with van der Waals surface area (Å²) in [4.78, 5) is 2.53. The number of rotatable bonds is 3. The lowest BCUT2D eigenvalue weighted by Gasteiger charge is -2.34. The molecule has 3 aliphatic carbocycles. The zero-order chi connectivity index (χ0) is 39.0. The van der Waals surface area contributed by atoms with Gasteiger partial charge < -0.3 is 4.90 Å². The van der Waals surface area contributed by atoms with Crippen LogP contribution in [0.4, 0.5) is 17.1 Å². The fraction of sp³-hybridized carbons (Fsp3) is 0.0690. The van der Waals surface area contributed by atoms with E-state index in [9.17, 15) is 0 Å². The summed E-state index contributed by atoms with van der Waals surface area (Å²) in [6.45, 7) is 4.76. The third-order valence-corrected chi connectivity index (χ3v) is 14.0. The van der Waals surface area contributed by atoms with Crippen LogP contribution in [0.15, 0.2) is 200 Å². The highest BCUT2D eigenvalue weighted by molar-refractivity contribution is 6.24. The molecular formula is C58H39N. The Morgan fingerprint density at radius 2 is 0.797 bits per heavy atom. The fourth-order valence-corrected chi connectivity index (χ4v) is 11.7. The third-order valence-electron chi connectivity index (χ3n) is 14.0. The lowest BCUT2D eigenvalue weighted by atomic mass is 9.69. The topological polar surface area (TPSA) is 3.24 Å². The van der Waals surface area contributed by atoms with Crippen LogP contribution in [-0.4, -0.2) is 0 Å². The highest BCUT2D eigenvalue weighted by Crippen LogP contribution is 2.67. The Labute approximate surface area is 344 Å². The summed E-state index contributed by atoms with van der Waals surface area (Å²) in [7, 11) is 0. The second-order valence-corrected chi connectivity index (χ2v) is 17.1. The molecule has 10 aromatic carbocycles. The smallest absolute Gasteiger partial charge is 0.0732 e. The Morgan fingerprint density at radius 1 is 0.322 bits per heavy atom. The van der Waals surface area contributed by atoms with Gasteiger partial charge in [-0.3, -0.25) is 0 Å². The van der Waals surface area contributed by atoms with Crippen molar-refractivity contribution in [3.05, 3.63) is 234 Å². The Kier molecular flexibility index (Phi) is 6.50. The summed E-state index contributed by atoms with van der Waals surface area (Å²) in [5.41, 5.74) is 19.0. The maximum absolute atomic E-state index is 2.58. The Balaban J connectivity index is 1.20. The maximum Gasteiger partial charge on any atom is 0.0732 e. The maximum atomic E-state index is 2.58. The first-order valence-corrected chi connectivity index (χ1v) is 20.9. The summed E-state index contributed by atoms with van der Waals surface area (Å²) in [5.74, 6) is 0. The molecule has 0 saturated heterocycles. The van der Waals surface area contributed by atoms with Crippen LogP contribution in [0.2, 0.25) is 0 Å². The van der Waals surface area contributed by atoms with Crippen LogP contribution in [0.25, 0.3) is 65.7 Å². The minimum absolute atomic E-state index is 0.130. The van der Waals surface area contributed by atoms with Crippen molar-refractivity contribution in [2.45, 2.75) is 24.7 Å². The van der Waals surface area contributed by atoms with Gasteiger partial charge in [-0.05, 0) is 124 Å². The third kappa shape index (κ3) is 4.09. The van der Waals surface area contributed by atoms with Gasteiger partial charge in [0.25, 0.3) is 0 Å². The average Bonchev–Trinajstić information content (AvgIpc) is 3.86. The summed E-state index contributed by atoms with van der Waals surface area (Å²) < 4.78 is 0. The van der Waals surface area contributed by atoms with Crippen molar-refractivity contribution in [3.63, 3.8) is 0 Å². The van der Waals surface area contributed by atoms with Crippen molar-refractivity contribution in [1.29, 1.82) is 0 Å². The molecule has 1 spiro atoms. The van der Waals surface area contributed by atoms with Crippen LogP contribution in [0.1, 0.15) is 47.2 Å². The zero-order valence-electron chi connectivity index (χ0n) is 33.0. The van der Waals surface area contributed by atoms with Crippen molar-refractivity contribution in [3.8, 4) is 33.4 Å². The molecule has 0 aromatic heterocycles. The monoisotopic (exact) mass is 749 g/mol. The number of hydrogen-bond donors (Lipinski definition) is 0. The van der Waals surface area contributed by atoms with E-state index in [0.717, 1.165) is 11.4 Å². The molecule has 0 aliphatic heterocycles. The highest BCUT2D eigenvalue weighted by atomic mass is 15.1. The normalized spacial score (nSPS) is 14.5. The van der Waals surface area contributed by atoms with E-state index in [0.29, 0.717) is 0 Å². The quantitative estimate of drug-likeness (QED) is 0.163. The molecule has 0 unspecified atom stereocenters. The molecule has 0 heterocycles. The molecule has 3 aliphatic rings. The largest absolute Gasteiger partial charge is 0.310 e. The van der Waals surface area contributed by atoms with Gasteiger partial charge in [-0.1, -0.05) is 184 Å². The first kappa shape index (κ1) is 32.8. The van der Waals surface area contributed by atoms with Crippen molar-refractivity contribution < 1.29 is 0 Å². The van der Waals surface area contributed by atoms with E-state index in [2.05, 4.69) is 219 Å². The van der Waals surface area contributed by atoms with Crippen molar-refractivity contribution in [2.75, 3.05) is 4.90 Å². The number of benzene rings is 10. The van der Waals surface area contributed by atoms with Gasteiger partial charge in [-0.15, -0.1) is 0 Å². The van der Waals surface area contributed by atoms with Crippen LogP contribution in [0, 0.1) is 0 Å². The summed E-state index contributed by atoms with van der Waals surface area (Å²) >= 11 is 0. The van der Waals surface area contributed by atoms with E-state index in [1.807, 2.05) is 0 Å². The van der Waals surface area contributed by atoms with Crippen molar-refractivity contribution in [1.82, 2.24) is 0 Å². The van der Waals surface area contributed by atoms with Gasteiger partial charge in [0.1, 0.15) is 0 Å². The van der Waals surface area contributed by atoms with Crippen LogP contribution in [-0.2, 0) is 10.8 Å². The van der Waals surface area contributed by atoms with E-state index < -0.39 is 5.41 Å². The van der Waals surface area contributed by atoms with Crippen LogP contribution < -0.4 is 4.90 Å². The summed E-state index contributed by atoms with van der Waals surface area (Å²) in [5, 5.41) is 7.72. The molecule has 0 amide bonds. The van der Waals surface area contributed by atoms with Crippen molar-refractivity contribution in [2.24, 2.45) is 0 Å². The molecule has 276 valence electrons. The first-order valence-electron chi connectivity index (χ1n) is 20.9. The van der Waals surface area contributed by atoms with E-state index in [1.165, 1.54) is 105 Å². The predicted molar refractivity (Wildman–Crippen MR) is 248 cm³/mol. The van der Waals surface area contributed by atoms with Gasteiger partial charge in [0.05, 0.1) is 11.1 Å². The summed E-state index contributed by atoms with van der Waals surface area (Å²) in [6.07, 6.45) is 0. The van der Waals surface area contributed by atoms with E-state index >= 15 is 0 Å². The first-order chi connectivity index (χ1) is 29.1. The van der Waals surface area contributed by atoms with Crippen LogP contribution in [0.3, 0.4) is 0 Å². The molecule has 0 radical (unpaired) electrons. The van der Waals surface area contributed by atoms with Gasteiger partial charge in [0, 0.05) is 22.2 Å². The molecule has 0 saturated carbocycles. The molecule has 1 heteroatoms. The Morgan fingerprint density at radius 3 is 1.46 bits per heavy atom.